The summed E-state index contributed by atoms with van der Waals surface area (Å²) in [4.78, 5) is 0. The van der Waals surface area contributed by atoms with Crippen LogP contribution in [-0.4, -0.2) is 80.1 Å². The Morgan fingerprint density at radius 3 is 1.19 bits per heavy atom. The summed E-state index contributed by atoms with van der Waals surface area (Å²) >= 11 is 0. The Morgan fingerprint density at radius 1 is 0.750 bits per heavy atom. The number of hydrogen-bond acceptors (Lipinski definition) is 1. The minimum Gasteiger partial charge on any atom is -1.00 e. The second kappa shape index (κ2) is 9.46. The summed E-state index contributed by atoms with van der Waals surface area (Å²) in [5.74, 6) is 1.65. The van der Waals surface area contributed by atoms with Crippen LogP contribution in [0.4, 0.5) is 0 Å². The van der Waals surface area contributed by atoms with Crippen molar-refractivity contribution < 1.29 is 61.1 Å². The molecule has 0 spiro atoms. The fraction of sp³-hybridized carbons (Fsp3) is 1.00. The molecule has 6 heteroatoms. The van der Waals surface area contributed by atoms with E-state index in [0.29, 0.717) is 0 Å². The first-order valence-corrected chi connectivity index (χ1v) is 6.55. The Morgan fingerprint density at radius 2 is 1.00 bits per heavy atom. The van der Waals surface area contributed by atoms with Gasteiger partial charge in [-0.3, -0.25) is 4.21 Å². The minimum atomic E-state index is -0.644. The van der Waals surface area contributed by atoms with Crippen molar-refractivity contribution >= 4 is 10.8 Å². The van der Waals surface area contributed by atoms with Crippen LogP contribution in [0.2, 0.25) is 0 Å². The molecule has 0 heterocycles. The van der Waals surface area contributed by atoms with Crippen molar-refractivity contribution in [2.24, 2.45) is 0 Å². The molecule has 0 aliphatic carbocycles. The molecule has 0 aliphatic heterocycles. The zero-order valence-electron chi connectivity index (χ0n) is 11.3. The van der Waals surface area contributed by atoms with Crippen molar-refractivity contribution in [3.8, 4) is 0 Å². The first-order valence-electron chi connectivity index (χ1n) is 5.06. The maximum absolute atomic E-state index is 11.6. The molecular formula is C10H26I2N2OS. The van der Waals surface area contributed by atoms with Gasteiger partial charge in [0.25, 0.3) is 0 Å². The van der Waals surface area contributed by atoms with Gasteiger partial charge in [0.05, 0.1) is 66.9 Å². The molecule has 0 N–H and O–H groups in total. The maximum atomic E-state index is 11.6. The van der Waals surface area contributed by atoms with Crippen molar-refractivity contribution in [1.29, 1.82) is 0 Å². The van der Waals surface area contributed by atoms with E-state index in [1.807, 2.05) is 0 Å². The summed E-state index contributed by atoms with van der Waals surface area (Å²) in [7, 11) is 12.2. The van der Waals surface area contributed by atoms with Crippen molar-refractivity contribution in [2.75, 3.05) is 66.9 Å². The van der Waals surface area contributed by atoms with Gasteiger partial charge < -0.3 is 56.9 Å². The van der Waals surface area contributed by atoms with Gasteiger partial charge in [0.15, 0.2) is 0 Å². The van der Waals surface area contributed by atoms with Gasteiger partial charge in [-0.25, -0.2) is 0 Å². The standard InChI is InChI=1S/C10H26N2OS.2HI/c1-11(2,3)7-9-14(13)10-8-12(4,5)6;;/h7-10H2,1-6H3;2*1H/q+2;;/p-2. The first kappa shape index (κ1) is 22.7. The van der Waals surface area contributed by atoms with Gasteiger partial charge in [-0.2, -0.15) is 0 Å². The lowest BCUT2D eigenvalue weighted by Crippen LogP contribution is -3.00. The van der Waals surface area contributed by atoms with E-state index in [2.05, 4.69) is 42.3 Å². The van der Waals surface area contributed by atoms with E-state index < -0.39 is 10.8 Å². The lowest BCUT2D eigenvalue weighted by atomic mass is 10.6. The third-order valence-electron chi connectivity index (χ3n) is 1.98. The second-order valence-corrected chi connectivity index (χ2v) is 7.57. The number of hydrogen-bond donors (Lipinski definition) is 0. The molecule has 0 saturated heterocycles. The monoisotopic (exact) mass is 476 g/mol. The van der Waals surface area contributed by atoms with Gasteiger partial charge in [-0.15, -0.1) is 0 Å². The van der Waals surface area contributed by atoms with Gasteiger partial charge in [0.1, 0.15) is 0 Å². The zero-order valence-corrected chi connectivity index (χ0v) is 16.4. The van der Waals surface area contributed by atoms with Crippen LogP contribution in [0.25, 0.3) is 0 Å². The summed E-state index contributed by atoms with van der Waals surface area (Å²) in [5.41, 5.74) is 0. The van der Waals surface area contributed by atoms with Gasteiger partial charge in [-0.05, 0) is 0 Å². The Balaban J connectivity index is -0.000000845. The molecule has 16 heavy (non-hydrogen) atoms. The third-order valence-corrected chi connectivity index (χ3v) is 3.26. The van der Waals surface area contributed by atoms with E-state index in [0.717, 1.165) is 33.6 Å². The SMILES string of the molecule is C[N+](C)(C)CCS(=O)CC[N+](C)(C)C.[I-].[I-]. The second-order valence-electron chi connectivity index (χ2n) is 5.88. The Bertz CT molecular complexity index is 180. The van der Waals surface area contributed by atoms with Crippen LogP contribution in [0.1, 0.15) is 0 Å². The molecule has 102 valence electrons. The molecule has 0 aromatic rings. The minimum absolute atomic E-state index is 0. The van der Waals surface area contributed by atoms with E-state index in [1.165, 1.54) is 0 Å². The van der Waals surface area contributed by atoms with Gasteiger partial charge >= 0.3 is 0 Å². The smallest absolute Gasteiger partial charge is 0.0897 e. The van der Waals surface area contributed by atoms with Crippen LogP contribution in [0.15, 0.2) is 0 Å². The molecule has 0 amide bonds. The predicted octanol–water partition coefficient (Wildman–Crippen LogP) is -5.84. The van der Waals surface area contributed by atoms with Crippen molar-refractivity contribution in [3.63, 3.8) is 0 Å². The fourth-order valence-electron chi connectivity index (χ4n) is 0.853. The lowest BCUT2D eigenvalue weighted by molar-refractivity contribution is -0.868. The average Bonchev–Trinajstić information content (AvgIpc) is 1.94. The molecule has 0 unspecified atom stereocenters. The van der Waals surface area contributed by atoms with E-state index in [-0.39, 0.29) is 48.0 Å². The summed E-state index contributed by atoms with van der Waals surface area (Å²) in [6.45, 7) is 1.98. The average molecular weight is 476 g/mol. The Hall–Kier alpha value is 1.53. The highest BCUT2D eigenvalue weighted by Crippen LogP contribution is 1.95. The van der Waals surface area contributed by atoms with Crippen LogP contribution in [0.3, 0.4) is 0 Å². The molecular weight excluding hydrogens is 450 g/mol. The number of nitrogens with zero attached hydrogens (tertiary/aromatic N) is 2. The Labute approximate surface area is 138 Å². The molecule has 0 fully saturated rings. The first-order chi connectivity index (χ1) is 6.10. The molecule has 0 rings (SSSR count). The highest BCUT2D eigenvalue weighted by Gasteiger charge is 2.13. The van der Waals surface area contributed by atoms with Crippen LogP contribution in [-0.2, 0) is 10.8 Å². The molecule has 0 aromatic carbocycles. The van der Waals surface area contributed by atoms with Gasteiger partial charge in [0.2, 0.25) is 0 Å². The largest absolute Gasteiger partial charge is 1.00 e. The van der Waals surface area contributed by atoms with E-state index in [4.69, 9.17) is 0 Å². The molecule has 0 aromatic heterocycles. The predicted molar refractivity (Wildman–Crippen MR) is 63.7 cm³/mol. The molecule has 0 bridgehead atoms. The van der Waals surface area contributed by atoms with Crippen LogP contribution < -0.4 is 48.0 Å². The Kier molecular flexibility index (Phi) is 13.4. The van der Waals surface area contributed by atoms with Crippen LogP contribution >= 0.6 is 0 Å². The molecule has 0 saturated carbocycles. The van der Waals surface area contributed by atoms with E-state index in [1.54, 1.807) is 0 Å². The molecule has 3 nitrogen and oxygen atoms in total. The van der Waals surface area contributed by atoms with Crippen molar-refractivity contribution in [1.82, 2.24) is 0 Å². The highest BCUT2D eigenvalue weighted by atomic mass is 127. The topological polar surface area (TPSA) is 17.1 Å². The zero-order chi connectivity index (χ0) is 11.4. The van der Waals surface area contributed by atoms with Crippen molar-refractivity contribution in [2.45, 2.75) is 0 Å². The molecule has 0 aliphatic rings. The molecule has 0 atom stereocenters. The lowest BCUT2D eigenvalue weighted by Gasteiger charge is -2.25. The number of quaternary nitrogens is 2. The molecule has 0 radical (unpaired) electrons. The van der Waals surface area contributed by atoms with Gasteiger partial charge in [-0.1, -0.05) is 0 Å². The summed E-state index contributed by atoms with van der Waals surface area (Å²) in [6, 6.07) is 0. The quantitative estimate of drug-likeness (QED) is 0.276. The van der Waals surface area contributed by atoms with Crippen LogP contribution in [0, 0.1) is 0 Å². The normalized spacial score (nSPS) is 11.9. The van der Waals surface area contributed by atoms with E-state index >= 15 is 0 Å². The van der Waals surface area contributed by atoms with Gasteiger partial charge in [0, 0.05) is 10.8 Å². The summed E-state index contributed by atoms with van der Waals surface area (Å²) in [5, 5.41) is 0. The maximum Gasteiger partial charge on any atom is 0.0897 e. The number of halogens is 2. The van der Waals surface area contributed by atoms with E-state index in [9.17, 15) is 4.21 Å². The number of rotatable bonds is 6. The van der Waals surface area contributed by atoms with Crippen molar-refractivity contribution in [3.05, 3.63) is 0 Å². The highest BCUT2D eigenvalue weighted by molar-refractivity contribution is 7.85. The van der Waals surface area contributed by atoms with Crippen LogP contribution in [0.5, 0.6) is 0 Å². The fourth-order valence-corrected chi connectivity index (χ4v) is 2.56. The third kappa shape index (κ3) is 17.9. The summed E-state index contributed by atoms with van der Waals surface area (Å²) < 4.78 is 13.4. The summed E-state index contributed by atoms with van der Waals surface area (Å²) in [6.07, 6.45) is 0.